The molecular formula is C22H23N5S. The van der Waals surface area contributed by atoms with Crippen molar-refractivity contribution in [1.29, 1.82) is 10.5 Å². The zero-order valence-corrected chi connectivity index (χ0v) is 16.8. The van der Waals surface area contributed by atoms with E-state index in [1.807, 2.05) is 37.4 Å². The standard InChI is InChI=1S/C22H23N5S/c1-25-16-6-5-11-27(14-16)21-18(12-23)20(15-9-10-15)19(13-24)22(26-21)28-17-7-3-2-4-8-17/h2-4,7-8,15-16,25H,5-6,9-11,14H2,1H3. The fourth-order valence-electron chi connectivity index (χ4n) is 3.88. The number of hydrogen-bond acceptors (Lipinski definition) is 6. The number of nitrogens with zero attached hydrogens (tertiary/aromatic N) is 4. The quantitative estimate of drug-likeness (QED) is 0.832. The molecule has 1 aliphatic carbocycles. The molecule has 2 fully saturated rings. The van der Waals surface area contributed by atoms with E-state index in [1.165, 1.54) is 11.8 Å². The molecule has 6 heteroatoms. The van der Waals surface area contributed by atoms with E-state index in [0.29, 0.717) is 23.1 Å². The van der Waals surface area contributed by atoms with Crippen LogP contribution in [0.2, 0.25) is 0 Å². The predicted octanol–water partition coefficient (Wildman–Crippen LogP) is 4.04. The van der Waals surface area contributed by atoms with Crippen LogP contribution in [0.5, 0.6) is 0 Å². The molecule has 4 rings (SSSR count). The topological polar surface area (TPSA) is 75.7 Å². The molecule has 2 aliphatic rings. The Hall–Kier alpha value is -2.54. The second-order valence-electron chi connectivity index (χ2n) is 7.39. The maximum absolute atomic E-state index is 9.98. The number of anilines is 1. The van der Waals surface area contributed by atoms with Gasteiger partial charge in [0.15, 0.2) is 0 Å². The fraction of sp³-hybridized carbons (Fsp3) is 0.409. The summed E-state index contributed by atoms with van der Waals surface area (Å²) < 4.78 is 0. The largest absolute Gasteiger partial charge is 0.354 e. The molecule has 5 nitrogen and oxygen atoms in total. The highest BCUT2D eigenvalue weighted by atomic mass is 32.2. The van der Waals surface area contributed by atoms with E-state index in [0.717, 1.165) is 60.1 Å². The average Bonchev–Trinajstić information content (AvgIpc) is 3.58. The zero-order valence-electron chi connectivity index (χ0n) is 16.0. The van der Waals surface area contributed by atoms with Gasteiger partial charge in [-0.25, -0.2) is 4.98 Å². The van der Waals surface area contributed by atoms with Gasteiger partial charge in [-0.15, -0.1) is 0 Å². The number of benzene rings is 1. The van der Waals surface area contributed by atoms with Gasteiger partial charge in [-0.05, 0) is 56.3 Å². The van der Waals surface area contributed by atoms with Crippen molar-refractivity contribution in [3.8, 4) is 12.1 Å². The molecule has 1 unspecified atom stereocenters. The Balaban J connectivity index is 1.83. The van der Waals surface area contributed by atoms with Crippen molar-refractivity contribution in [1.82, 2.24) is 10.3 Å². The second kappa shape index (κ2) is 8.22. The monoisotopic (exact) mass is 389 g/mol. The lowest BCUT2D eigenvalue weighted by atomic mass is 9.98. The molecule has 1 aromatic heterocycles. The van der Waals surface area contributed by atoms with E-state index < -0.39 is 0 Å². The molecule has 0 spiro atoms. The predicted molar refractivity (Wildman–Crippen MR) is 111 cm³/mol. The normalized spacial score (nSPS) is 19.1. The summed E-state index contributed by atoms with van der Waals surface area (Å²) in [4.78, 5) is 8.17. The molecule has 1 N–H and O–H groups in total. The Morgan fingerprint density at radius 3 is 2.50 bits per heavy atom. The minimum Gasteiger partial charge on any atom is -0.354 e. The summed E-state index contributed by atoms with van der Waals surface area (Å²) in [5, 5.41) is 24.0. The van der Waals surface area contributed by atoms with E-state index >= 15 is 0 Å². The molecule has 1 aliphatic heterocycles. The Labute approximate surface area is 170 Å². The lowest BCUT2D eigenvalue weighted by molar-refractivity contribution is 0.447. The van der Waals surface area contributed by atoms with Crippen molar-refractivity contribution >= 4 is 17.6 Å². The Bertz CT molecular complexity index is 940. The van der Waals surface area contributed by atoms with Crippen LogP contribution in [0.1, 0.15) is 48.3 Å². The van der Waals surface area contributed by atoms with Crippen molar-refractivity contribution in [3.63, 3.8) is 0 Å². The first-order chi connectivity index (χ1) is 13.7. The van der Waals surface area contributed by atoms with E-state index in [-0.39, 0.29) is 0 Å². The number of nitriles is 2. The molecule has 0 bridgehead atoms. The van der Waals surface area contributed by atoms with Gasteiger partial charge >= 0.3 is 0 Å². The summed E-state index contributed by atoms with van der Waals surface area (Å²) in [5.74, 6) is 1.06. The highest BCUT2D eigenvalue weighted by molar-refractivity contribution is 7.99. The van der Waals surface area contributed by atoms with Gasteiger partial charge in [0.05, 0.1) is 11.1 Å². The van der Waals surface area contributed by atoms with Crippen LogP contribution in [-0.4, -0.2) is 31.2 Å². The van der Waals surface area contributed by atoms with Crippen molar-refractivity contribution in [2.75, 3.05) is 25.0 Å². The molecule has 1 aromatic carbocycles. The van der Waals surface area contributed by atoms with Crippen LogP contribution in [0.15, 0.2) is 40.3 Å². The maximum Gasteiger partial charge on any atom is 0.148 e. The summed E-state index contributed by atoms with van der Waals surface area (Å²) >= 11 is 1.52. The van der Waals surface area contributed by atoms with E-state index in [1.54, 1.807) is 0 Å². The molecule has 2 heterocycles. The molecule has 2 aromatic rings. The van der Waals surface area contributed by atoms with Crippen LogP contribution in [0.3, 0.4) is 0 Å². The molecule has 142 valence electrons. The number of rotatable bonds is 5. The molecule has 28 heavy (non-hydrogen) atoms. The third kappa shape index (κ3) is 3.71. The van der Waals surface area contributed by atoms with Crippen LogP contribution in [0, 0.1) is 22.7 Å². The van der Waals surface area contributed by atoms with Crippen LogP contribution >= 0.6 is 11.8 Å². The van der Waals surface area contributed by atoms with Crippen LogP contribution in [-0.2, 0) is 0 Å². The van der Waals surface area contributed by atoms with Crippen molar-refractivity contribution in [2.45, 2.75) is 47.6 Å². The van der Waals surface area contributed by atoms with Gasteiger partial charge in [-0.2, -0.15) is 10.5 Å². The highest BCUT2D eigenvalue weighted by Gasteiger charge is 2.34. The number of likely N-dealkylation sites (N-methyl/N-ethyl adjacent to an activating group) is 1. The van der Waals surface area contributed by atoms with Crippen LogP contribution in [0.4, 0.5) is 5.82 Å². The Morgan fingerprint density at radius 2 is 1.86 bits per heavy atom. The third-order valence-corrected chi connectivity index (χ3v) is 6.48. The number of piperidine rings is 1. The first-order valence-corrected chi connectivity index (χ1v) is 10.6. The number of pyridine rings is 1. The lowest BCUT2D eigenvalue weighted by Crippen LogP contribution is -2.45. The Kier molecular flexibility index (Phi) is 5.52. The minimum absolute atomic E-state index is 0.311. The third-order valence-electron chi connectivity index (χ3n) is 5.48. The number of nitrogens with one attached hydrogen (secondary N) is 1. The van der Waals surface area contributed by atoms with Crippen LogP contribution < -0.4 is 10.2 Å². The maximum atomic E-state index is 9.98. The zero-order chi connectivity index (χ0) is 19.5. The van der Waals surface area contributed by atoms with Crippen molar-refractivity contribution < 1.29 is 0 Å². The smallest absolute Gasteiger partial charge is 0.148 e. The van der Waals surface area contributed by atoms with Gasteiger partial charge in [0.1, 0.15) is 23.0 Å². The summed E-state index contributed by atoms with van der Waals surface area (Å²) in [6.07, 6.45) is 4.28. The molecule has 0 radical (unpaired) electrons. The molecule has 1 atom stereocenters. The molecular weight excluding hydrogens is 366 g/mol. The lowest BCUT2D eigenvalue weighted by Gasteiger charge is -2.34. The van der Waals surface area contributed by atoms with Gasteiger partial charge in [-0.1, -0.05) is 30.0 Å². The molecule has 0 amide bonds. The summed E-state index contributed by atoms with van der Waals surface area (Å²) in [6, 6.07) is 15.2. The summed E-state index contributed by atoms with van der Waals surface area (Å²) in [7, 11) is 1.98. The van der Waals surface area contributed by atoms with Crippen molar-refractivity contribution in [2.24, 2.45) is 0 Å². The van der Waals surface area contributed by atoms with Gasteiger partial charge in [0, 0.05) is 24.0 Å². The highest BCUT2D eigenvalue weighted by Crippen LogP contribution is 2.47. The molecule has 1 saturated heterocycles. The second-order valence-corrected chi connectivity index (χ2v) is 8.45. The summed E-state index contributed by atoms with van der Waals surface area (Å²) in [5.41, 5.74) is 2.10. The van der Waals surface area contributed by atoms with E-state index in [2.05, 4.69) is 22.4 Å². The van der Waals surface area contributed by atoms with Gasteiger partial charge < -0.3 is 10.2 Å². The van der Waals surface area contributed by atoms with Crippen LogP contribution in [0.25, 0.3) is 0 Å². The van der Waals surface area contributed by atoms with Crippen molar-refractivity contribution in [3.05, 3.63) is 47.0 Å². The van der Waals surface area contributed by atoms with Gasteiger partial charge in [0.25, 0.3) is 0 Å². The van der Waals surface area contributed by atoms with E-state index in [9.17, 15) is 10.5 Å². The van der Waals surface area contributed by atoms with Gasteiger partial charge in [-0.3, -0.25) is 0 Å². The van der Waals surface area contributed by atoms with E-state index in [4.69, 9.17) is 4.98 Å². The fourth-order valence-corrected chi connectivity index (χ4v) is 4.78. The number of aromatic nitrogens is 1. The molecule has 1 saturated carbocycles. The number of hydrogen-bond donors (Lipinski definition) is 1. The summed E-state index contributed by atoms with van der Waals surface area (Å²) in [6.45, 7) is 1.73. The average molecular weight is 390 g/mol. The SMILES string of the molecule is CNC1CCCN(c2nc(Sc3ccccc3)c(C#N)c(C3CC3)c2C#N)C1. The first kappa shape index (κ1) is 18.8. The Morgan fingerprint density at radius 1 is 1.11 bits per heavy atom. The first-order valence-electron chi connectivity index (χ1n) is 9.78. The minimum atomic E-state index is 0.311. The van der Waals surface area contributed by atoms with Gasteiger partial charge in [0.2, 0.25) is 0 Å².